The highest BCUT2D eigenvalue weighted by Gasteiger charge is 2.73. The highest BCUT2D eigenvalue weighted by molar-refractivity contribution is 7.92. The number of sulfone groups is 1. The summed E-state index contributed by atoms with van der Waals surface area (Å²) >= 11 is 5.27. The normalized spacial score (nSPS) is 24.6. The summed E-state index contributed by atoms with van der Waals surface area (Å²) in [6, 6.07) is 12.6. The monoisotopic (exact) mass is 407 g/mol. The van der Waals surface area contributed by atoms with Crippen molar-refractivity contribution < 1.29 is 17.5 Å². The van der Waals surface area contributed by atoms with E-state index < -0.39 is 32.2 Å². The molecule has 0 unspecified atom stereocenters. The van der Waals surface area contributed by atoms with Crippen LogP contribution in [-0.2, 0) is 14.6 Å². The van der Waals surface area contributed by atoms with E-state index in [2.05, 4.69) is 0 Å². The average molecular weight is 408 g/mol. The third-order valence-corrected chi connectivity index (χ3v) is 7.82. The van der Waals surface area contributed by atoms with Crippen molar-refractivity contribution in [1.82, 2.24) is 0 Å². The van der Waals surface area contributed by atoms with E-state index in [0.717, 1.165) is 5.56 Å². The lowest BCUT2D eigenvalue weighted by molar-refractivity contribution is 0.121. The van der Waals surface area contributed by atoms with Gasteiger partial charge in [0.2, 0.25) is 0 Å². The summed E-state index contributed by atoms with van der Waals surface area (Å²) in [5.74, 6) is -0.984. The number of thiocarbonyl (C=S) groups is 1. The summed E-state index contributed by atoms with van der Waals surface area (Å²) in [6.07, 6.45) is 0. The third-order valence-electron chi connectivity index (χ3n) is 5.15. The third kappa shape index (κ3) is 3.39. The van der Waals surface area contributed by atoms with Gasteiger partial charge < -0.3 is 10.5 Å². The van der Waals surface area contributed by atoms with Crippen LogP contribution in [0, 0.1) is 18.2 Å². The van der Waals surface area contributed by atoms with E-state index in [1.165, 1.54) is 12.1 Å². The van der Waals surface area contributed by atoms with E-state index in [0.29, 0.717) is 12.2 Å². The molecule has 1 aliphatic rings. The summed E-state index contributed by atoms with van der Waals surface area (Å²) in [4.78, 5) is 0.278. The largest absolute Gasteiger partial charge is 0.393 e. The minimum absolute atomic E-state index is 0.0749. The van der Waals surface area contributed by atoms with E-state index in [9.17, 15) is 12.8 Å². The summed E-state index contributed by atoms with van der Waals surface area (Å²) in [5, 5.41) is -0.890. The lowest BCUT2D eigenvalue weighted by Gasteiger charge is -2.17. The molecule has 0 aromatic heterocycles. The second kappa shape index (κ2) is 7.30. The number of ether oxygens (including phenoxy) is 1. The molecule has 0 spiro atoms. The first kappa shape index (κ1) is 19.9. The first-order valence-corrected chi connectivity index (χ1v) is 10.6. The van der Waals surface area contributed by atoms with Crippen molar-refractivity contribution in [2.24, 2.45) is 11.1 Å². The molecular formula is C20H22FNO3S2. The molecule has 2 N–H and O–H groups in total. The zero-order valence-corrected chi connectivity index (χ0v) is 16.8. The molecule has 1 aliphatic carbocycles. The maximum atomic E-state index is 13.8. The zero-order chi connectivity index (χ0) is 19.8. The van der Waals surface area contributed by atoms with Gasteiger partial charge in [0.15, 0.2) is 9.84 Å². The maximum absolute atomic E-state index is 13.8. The summed E-state index contributed by atoms with van der Waals surface area (Å²) in [6.45, 7) is 4.18. The van der Waals surface area contributed by atoms with Crippen LogP contribution < -0.4 is 5.73 Å². The molecule has 0 bridgehead atoms. The Morgan fingerprint density at radius 3 is 2.48 bits per heavy atom. The Bertz CT molecular complexity index is 959. The first-order valence-electron chi connectivity index (χ1n) is 8.69. The zero-order valence-electron chi connectivity index (χ0n) is 15.2. The van der Waals surface area contributed by atoms with Crippen molar-refractivity contribution in [3.8, 4) is 0 Å². The molecule has 0 radical (unpaired) electrons. The van der Waals surface area contributed by atoms with Gasteiger partial charge in [0.25, 0.3) is 0 Å². The van der Waals surface area contributed by atoms with Crippen LogP contribution in [0.25, 0.3) is 0 Å². The molecule has 4 nitrogen and oxygen atoms in total. The molecule has 0 heterocycles. The van der Waals surface area contributed by atoms with Gasteiger partial charge in [-0.15, -0.1) is 0 Å². The van der Waals surface area contributed by atoms with E-state index >= 15 is 0 Å². The SMILES string of the molecule is CCOC[C@]1(C(N)=S)[C@H](c2cccc(F)c2)[C@@H]1S(=O)(=O)c1ccc(C)cc1. The van der Waals surface area contributed by atoms with E-state index in [4.69, 9.17) is 22.7 Å². The van der Waals surface area contributed by atoms with Crippen LogP contribution in [0.1, 0.15) is 24.0 Å². The molecule has 2 aromatic carbocycles. The number of benzene rings is 2. The number of aryl methyl sites for hydroxylation is 1. The van der Waals surface area contributed by atoms with Gasteiger partial charge in [-0.05, 0) is 43.7 Å². The fraction of sp³-hybridized carbons (Fsp3) is 0.350. The van der Waals surface area contributed by atoms with E-state index in [-0.39, 0.29) is 16.5 Å². The van der Waals surface area contributed by atoms with Gasteiger partial charge in [-0.2, -0.15) is 0 Å². The molecule has 144 valence electrons. The quantitative estimate of drug-likeness (QED) is 0.713. The smallest absolute Gasteiger partial charge is 0.182 e. The Balaban J connectivity index is 2.12. The van der Waals surface area contributed by atoms with Gasteiger partial charge in [0, 0.05) is 12.5 Å². The van der Waals surface area contributed by atoms with Crippen molar-refractivity contribution in [1.29, 1.82) is 0 Å². The molecule has 1 saturated carbocycles. The number of hydrogen-bond donors (Lipinski definition) is 1. The Labute approximate surface area is 164 Å². The standard InChI is InChI=1S/C20H22FNO3S2/c1-3-25-12-20(19(22)26)17(14-5-4-6-15(21)11-14)18(20)27(23,24)16-9-7-13(2)8-10-16/h4-11,17-18H,3,12H2,1-2H3,(H2,22,26)/t17-,18+,20+/m1/s1. The number of halogens is 1. The van der Waals surface area contributed by atoms with Gasteiger partial charge in [-0.1, -0.05) is 42.0 Å². The van der Waals surface area contributed by atoms with E-state index in [1.807, 2.05) is 13.8 Å². The summed E-state index contributed by atoms with van der Waals surface area (Å²) < 4.78 is 46.2. The number of hydrogen-bond acceptors (Lipinski definition) is 4. The molecule has 7 heteroatoms. The Hall–Kier alpha value is -1.83. The highest BCUT2D eigenvalue weighted by atomic mass is 32.2. The van der Waals surface area contributed by atoms with Crippen LogP contribution >= 0.6 is 12.2 Å². The van der Waals surface area contributed by atoms with Gasteiger partial charge in [-0.25, -0.2) is 12.8 Å². The predicted molar refractivity (Wildman–Crippen MR) is 107 cm³/mol. The fourth-order valence-electron chi connectivity index (χ4n) is 3.72. The molecule has 3 rings (SSSR count). The van der Waals surface area contributed by atoms with Crippen LogP contribution in [0.4, 0.5) is 4.39 Å². The summed E-state index contributed by atoms with van der Waals surface area (Å²) in [7, 11) is -3.75. The van der Waals surface area contributed by atoms with Crippen molar-refractivity contribution in [3.05, 3.63) is 65.5 Å². The second-order valence-corrected chi connectivity index (χ2v) is 9.36. The minimum atomic E-state index is -3.75. The van der Waals surface area contributed by atoms with Crippen LogP contribution in [0.2, 0.25) is 0 Å². The molecule has 0 saturated heterocycles. The van der Waals surface area contributed by atoms with Crippen molar-refractivity contribution in [2.45, 2.75) is 29.9 Å². The minimum Gasteiger partial charge on any atom is -0.393 e. The van der Waals surface area contributed by atoms with Crippen LogP contribution in [-0.4, -0.2) is 31.9 Å². The van der Waals surface area contributed by atoms with Gasteiger partial charge in [-0.3, -0.25) is 0 Å². The van der Waals surface area contributed by atoms with Crippen LogP contribution in [0.5, 0.6) is 0 Å². The van der Waals surface area contributed by atoms with Crippen molar-refractivity contribution in [3.63, 3.8) is 0 Å². The van der Waals surface area contributed by atoms with Crippen molar-refractivity contribution >= 4 is 27.0 Å². The molecule has 27 heavy (non-hydrogen) atoms. The highest BCUT2D eigenvalue weighted by Crippen LogP contribution is 2.64. The first-order chi connectivity index (χ1) is 12.7. The number of nitrogens with two attached hydrogens (primary N) is 1. The Kier molecular flexibility index (Phi) is 5.38. The lowest BCUT2D eigenvalue weighted by atomic mass is 10.00. The second-order valence-electron chi connectivity index (χ2n) is 6.85. The fourth-order valence-corrected chi connectivity index (χ4v) is 6.49. The molecular weight excluding hydrogens is 385 g/mol. The Morgan fingerprint density at radius 1 is 1.26 bits per heavy atom. The van der Waals surface area contributed by atoms with Gasteiger partial charge in [0.05, 0.1) is 27.2 Å². The van der Waals surface area contributed by atoms with Crippen molar-refractivity contribution in [2.75, 3.05) is 13.2 Å². The maximum Gasteiger partial charge on any atom is 0.182 e. The lowest BCUT2D eigenvalue weighted by Crippen LogP contribution is -2.33. The molecule has 0 aliphatic heterocycles. The summed E-state index contributed by atoms with van der Waals surface area (Å²) in [5.41, 5.74) is 6.49. The molecule has 2 aromatic rings. The topological polar surface area (TPSA) is 69.4 Å². The van der Waals surface area contributed by atoms with Gasteiger partial charge >= 0.3 is 0 Å². The average Bonchev–Trinajstić information content (AvgIpc) is 3.32. The van der Waals surface area contributed by atoms with Crippen LogP contribution in [0.3, 0.4) is 0 Å². The molecule has 0 amide bonds. The molecule has 3 atom stereocenters. The van der Waals surface area contributed by atoms with Crippen LogP contribution in [0.15, 0.2) is 53.4 Å². The molecule has 1 fully saturated rings. The Morgan fingerprint density at radius 2 is 1.93 bits per heavy atom. The number of rotatable bonds is 7. The predicted octanol–water partition coefficient (Wildman–Crippen LogP) is 3.38. The van der Waals surface area contributed by atoms with E-state index in [1.54, 1.807) is 36.4 Å². The van der Waals surface area contributed by atoms with Gasteiger partial charge in [0.1, 0.15) is 5.82 Å².